The molecule has 2 aromatic carbocycles. The molecule has 32 heavy (non-hydrogen) atoms. The van der Waals surface area contributed by atoms with Crippen molar-refractivity contribution < 1.29 is 13.2 Å². The highest BCUT2D eigenvalue weighted by Gasteiger charge is 2.19. The third kappa shape index (κ3) is 5.87. The molecule has 3 N–H and O–H groups in total. The number of hydrogen-bond donors (Lipinski definition) is 3. The number of aryl methyl sites for hydroxylation is 1. The lowest BCUT2D eigenvalue weighted by atomic mass is 10.2. The van der Waals surface area contributed by atoms with E-state index in [4.69, 9.17) is 16.3 Å². The summed E-state index contributed by atoms with van der Waals surface area (Å²) in [6.45, 7) is 6.17. The first-order chi connectivity index (χ1) is 15.2. The van der Waals surface area contributed by atoms with Crippen molar-refractivity contribution in [2.75, 3.05) is 24.3 Å². The van der Waals surface area contributed by atoms with Gasteiger partial charge in [0, 0.05) is 6.54 Å². The summed E-state index contributed by atoms with van der Waals surface area (Å²) in [5.74, 6) is 1.35. The summed E-state index contributed by atoms with van der Waals surface area (Å²) in [4.78, 5) is 8.75. The molecule has 0 aliphatic rings. The van der Waals surface area contributed by atoms with E-state index in [2.05, 4.69) is 25.3 Å². The Balaban J connectivity index is 1.91. The van der Waals surface area contributed by atoms with Crippen molar-refractivity contribution in [1.82, 2.24) is 14.7 Å². The SMILES string of the molecule is COc1ccc(C)cc1Nc1ncc(Cl)c(Nc2ccccc2S(=O)(=O)NCC(C)C)n1. The lowest BCUT2D eigenvalue weighted by Crippen LogP contribution is -2.28. The van der Waals surface area contributed by atoms with Gasteiger partial charge in [0.2, 0.25) is 16.0 Å². The second-order valence-corrected chi connectivity index (χ2v) is 9.73. The number of nitrogens with one attached hydrogen (secondary N) is 3. The van der Waals surface area contributed by atoms with Gasteiger partial charge >= 0.3 is 0 Å². The van der Waals surface area contributed by atoms with Crippen LogP contribution in [0.3, 0.4) is 0 Å². The number of anilines is 4. The van der Waals surface area contributed by atoms with E-state index in [1.807, 2.05) is 39.0 Å². The minimum atomic E-state index is -3.72. The van der Waals surface area contributed by atoms with Crippen LogP contribution in [0.5, 0.6) is 5.75 Å². The molecule has 8 nitrogen and oxygen atoms in total. The maximum atomic E-state index is 12.8. The molecule has 3 rings (SSSR count). The summed E-state index contributed by atoms with van der Waals surface area (Å²) >= 11 is 6.30. The predicted molar refractivity (Wildman–Crippen MR) is 128 cm³/mol. The Kier molecular flexibility index (Phi) is 7.55. The van der Waals surface area contributed by atoms with Gasteiger partial charge in [0.25, 0.3) is 0 Å². The highest BCUT2D eigenvalue weighted by atomic mass is 35.5. The van der Waals surface area contributed by atoms with Crippen LogP contribution < -0.4 is 20.1 Å². The van der Waals surface area contributed by atoms with Gasteiger partial charge in [-0.3, -0.25) is 0 Å². The lowest BCUT2D eigenvalue weighted by Gasteiger charge is -2.15. The normalized spacial score (nSPS) is 11.4. The molecule has 10 heteroatoms. The third-order valence-corrected chi connectivity index (χ3v) is 6.22. The molecule has 0 bridgehead atoms. The third-order valence-electron chi connectivity index (χ3n) is 4.46. The molecule has 0 spiro atoms. The van der Waals surface area contributed by atoms with Crippen LogP contribution in [-0.4, -0.2) is 32.0 Å². The molecule has 3 aromatic rings. The maximum absolute atomic E-state index is 12.8. The monoisotopic (exact) mass is 475 g/mol. The summed E-state index contributed by atoms with van der Waals surface area (Å²) in [7, 11) is -2.14. The maximum Gasteiger partial charge on any atom is 0.242 e. The number of nitrogens with zero attached hydrogens (tertiary/aromatic N) is 2. The van der Waals surface area contributed by atoms with Crippen LogP contribution in [0.1, 0.15) is 19.4 Å². The molecule has 0 atom stereocenters. The van der Waals surface area contributed by atoms with Gasteiger partial charge in [-0.25, -0.2) is 18.1 Å². The molecule has 0 aliphatic carbocycles. The fourth-order valence-corrected chi connectivity index (χ4v) is 4.35. The first-order valence-electron chi connectivity index (χ1n) is 9.99. The second-order valence-electron chi connectivity index (χ2n) is 7.59. The van der Waals surface area contributed by atoms with Gasteiger partial charge in [-0.2, -0.15) is 4.98 Å². The van der Waals surface area contributed by atoms with Gasteiger partial charge in [-0.15, -0.1) is 0 Å². The van der Waals surface area contributed by atoms with Crippen molar-refractivity contribution in [3.05, 3.63) is 59.2 Å². The number of para-hydroxylation sites is 1. The van der Waals surface area contributed by atoms with Crippen molar-refractivity contribution in [2.45, 2.75) is 25.7 Å². The van der Waals surface area contributed by atoms with Crippen LogP contribution in [0, 0.1) is 12.8 Å². The van der Waals surface area contributed by atoms with Crippen LogP contribution in [0.4, 0.5) is 23.1 Å². The highest BCUT2D eigenvalue weighted by Crippen LogP contribution is 2.31. The number of rotatable bonds is 9. The first kappa shape index (κ1) is 23.8. The largest absolute Gasteiger partial charge is 0.495 e. The van der Waals surface area contributed by atoms with Gasteiger partial charge in [0.05, 0.1) is 24.7 Å². The van der Waals surface area contributed by atoms with Gasteiger partial charge in [0.1, 0.15) is 15.7 Å². The molecule has 0 fully saturated rings. The summed E-state index contributed by atoms with van der Waals surface area (Å²) in [6.07, 6.45) is 1.44. The number of methoxy groups -OCH3 is 1. The Hall–Kier alpha value is -2.88. The zero-order chi connectivity index (χ0) is 23.3. The molecule has 0 unspecified atom stereocenters. The molecule has 0 saturated heterocycles. The van der Waals surface area contributed by atoms with E-state index >= 15 is 0 Å². The number of sulfonamides is 1. The van der Waals surface area contributed by atoms with Crippen molar-refractivity contribution >= 4 is 44.8 Å². The van der Waals surface area contributed by atoms with Gasteiger partial charge in [-0.1, -0.05) is 43.6 Å². The fourth-order valence-electron chi connectivity index (χ4n) is 2.84. The number of aromatic nitrogens is 2. The van der Waals surface area contributed by atoms with E-state index in [1.54, 1.807) is 25.3 Å². The minimum absolute atomic E-state index is 0.102. The molecule has 0 aliphatic heterocycles. The van der Waals surface area contributed by atoms with Gasteiger partial charge in [0.15, 0.2) is 5.82 Å². The molecule has 0 radical (unpaired) electrons. The van der Waals surface area contributed by atoms with Crippen molar-refractivity contribution in [3.63, 3.8) is 0 Å². The number of hydrogen-bond acceptors (Lipinski definition) is 7. The van der Waals surface area contributed by atoms with E-state index < -0.39 is 10.0 Å². The van der Waals surface area contributed by atoms with Crippen LogP contribution >= 0.6 is 11.6 Å². The summed E-state index contributed by atoms with van der Waals surface area (Å²) in [5.41, 5.74) is 2.08. The molecular weight excluding hydrogens is 450 g/mol. The van der Waals surface area contributed by atoms with Crippen LogP contribution in [0.15, 0.2) is 53.6 Å². The Labute approximate surface area is 193 Å². The van der Waals surface area contributed by atoms with E-state index in [0.29, 0.717) is 23.7 Å². The fraction of sp³-hybridized carbons (Fsp3) is 0.273. The molecule has 0 saturated carbocycles. The average molecular weight is 476 g/mol. The summed E-state index contributed by atoms with van der Waals surface area (Å²) in [6, 6.07) is 12.3. The number of benzene rings is 2. The van der Waals surface area contributed by atoms with Crippen LogP contribution in [0.2, 0.25) is 5.02 Å². The Morgan fingerprint density at radius 1 is 1.09 bits per heavy atom. The quantitative estimate of drug-likeness (QED) is 0.405. The molecular formula is C22H26ClN5O3S. The van der Waals surface area contributed by atoms with Crippen molar-refractivity contribution in [2.24, 2.45) is 5.92 Å². The smallest absolute Gasteiger partial charge is 0.242 e. The number of ether oxygens (including phenoxy) is 1. The highest BCUT2D eigenvalue weighted by molar-refractivity contribution is 7.89. The van der Waals surface area contributed by atoms with E-state index in [9.17, 15) is 8.42 Å². The zero-order valence-corrected chi connectivity index (χ0v) is 19.9. The summed E-state index contributed by atoms with van der Waals surface area (Å²) in [5, 5.41) is 6.39. The molecule has 1 heterocycles. The Morgan fingerprint density at radius 2 is 1.84 bits per heavy atom. The van der Waals surface area contributed by atoms with Gasteiger partial charge in [-0.05, 0) is 42.7 Å². The Morgan fingerprint density at radius 3 is 2.56 bits per heavy atom. The Bertz CT molecular complexity index is 1200. The topological polar surface area (TPSA) is 105 Å². The van der Waals surface area contributed by atoms with Gasteiger partial charge < -0.3 is 15.4 Å². The minimum Gasteiger partial charge on any atom is -0.495 e. The van der Waals surface area contributed by atoms with Crippen molar-refractivity contribution in [1.29, 1.82) is 0 Å². The van der Waals surface area contributed by atoms with Crippen molar-refractivity contribution in [3.8, 4) is 5.75 Å². The second kappa shape index (κ2) is 10.2. The van der Waals surface area contributed by atoms with E-state index in [0.717, 1.165) is 5.56 Å². The van der Waals surface area contributed by atoms with Crippen LogP contribution in [0.25, 0.3) is 0 Å². The zero-order valence-electron chi connectivity index (χ0n) is 18.3. The first-order valence-corrected chi connectivity index (χ1v) is 11.9. The standard InChI is InChI=1S/C22H26ClN5O3S/c1-14(2)12-25-32(29,30)20-8-6-5-7-17(20)26-21-16(23)13-24-22(28-21)27-18-11-15(3)9-10-19(18)31-4/h5-11,13-14,25H,12H2,1-4H3,(H2,24,26,27,28). The molecule has 170 valence electrons. The predicted octanol–water partition coefficient (Wildman–Crippen LogP) is 4.87. The van der Waals surface area contributed by atoms with Crippen LogP contribution in [-0.2, 0) is 10.0 Å². The average Bonchev–Trinajstić information content (AvgIpc) is 2.75. The van der Waals surface area contributed by atoms with E-state index in [1.165, 1.54) is 12.3 Å². The number of halogens is 1. The molecule has 1 aromatic heterocycles. The van der Waals surface area contributed by atoms with E-state index in [-0.39, 0.29) is 27.6 Å². The molecule has 0 amide bonds. The lowest BCUT2D eigenvalue weighted by molar-refractivity contribution is 0.416. The summed E-state index contributed by atoms with van der Waals surface area (Å²) < 4.78 is 33.6.